The largest absolute Gasteiger partial charge is 0.497 e. The smallest absolute Gasteiger partial charge is 0.156 e. The van der Waals surface area contributed by atoms with Gasteiger partial charge in [-0.25, -0.2) is 9.38 Å². The molecule has 1 heterocycles. The van der Waals surface area contributed by atoms with Gasteiger partial charge in [-0.15, -0.1) is 0 Å². The number of halogens is 1. The summed E-state index contributed by atoms with van der Waals surface area (Å²) in [6, 6.07) is 9.97. The highest BCUT2D eigenvalue weighted by atomic mass is 19.1. The zero-order valence-electron chi connectivity index (χ0n) is 12.7. The highest BCUT2D eigenvalue weighted by Gasteiger charge is 2.22. The molecule has 0 spiro atoms. The van der Waals surface area contributed by atoms with E-state index < -0.39 is 6.23 Å². The van der Waals surface area contributed by atoms with Crippen molar-refractivity contribution in [3.63, 3.8) is 0 Å². The quantitative estimate of drug-likeness (QED) is 0.851. The minimum atomic E-state index is -0.815. The van der Waals surface area contributed by atoms with Crippen molar-refractivity contribution in [3.8, 4) is 5.75 Å². The van der Waals surface area contributed by atoms with Crippen molar-refractivity contribution in [2.75, 3.05) is 19.4 Å². The normalized spacial score (nSPS) is 16.3. The molecule has 1 aliphatic rings. The van der Waals surface area contributed by atoms with Crippen LogP contribution in [0.1, 0.15) is 17.4 Å². The van der Waals surface area contributed by atoms with Crippen molar-refractivity contribution >= 4 is 17.7 Å². The molecular formula is C17H18FN3O2. The van der Waals surface area contributed by atoms with Gasteiger partial charge < -0.3 is 20.5 Å². The summed E-state index contributed by atoms with van der Waals surface area (Å²) in [7, 11) is 1.50. The number of aliphatic imine (C=N–C) groups is 1. The van der Waals surface area contributed by atoms with Crippen LogP contribution in [0.15, 0.2) is 41.4 Å². The number of rotatable bonds is 4. The minimum absolute atomic E-state index is 0.319. The van der Waals surface area contributed by atoms with Gasteiger partial charge in [-0.3, -0.25) is 0 Å². The molecule has 5 nitrogen and oxygen atoms in total. The zero-order chi connectivity index (χ0) is 16.4. The molecule has 1 aliphatic heterocycles. The first kappa shape index (κ1) is 15.3. The lowest BCUT2D eigenvalue weighted by molar-refractivity contribution is 0.0549. The van der Waals surface area contributed by atoms with Crippen LogP contribution in [0, 0.1) is 5.82 Å². The van der Waals surface area contributed by atoms with Crippen LogP contribution < -0.4 is 10.5 Å². The van der Waals surface area contributed by atoms with Gasteiger partial charge in [0.05, 0.1) is 19.1 Å². The summed E-state index contributed by atoms with van der Waals surface area (Å²) in [6.07, 6.45) is 1.20. The molecule has 0 radical (unpaired) electrons. The molecule has 0 aromatic heterocycles. The Morgan fingerprint density at radius 3 is 2.87 bits per heavy atom. The number of aliphatic hydroxyl groups is 1. The predicted octanol–water partition coefficient (Wildman–Crippen LogP) is 2.63. The zero-order valence-corrected chi connectivity index (χ0v) is 12.7. The number of benzene rings is 2. The number of aliphatic hydroxyl groups excluding tert-OH is 1. The second-order valence-electron chi connectivity index (χ2n) is 5.38. The Morgan fingerprint density at radius 1 is 1.30 bits per heavy atom. The van der Waals surface area contributed by atoms with Gasteiger partial charge in [0.15, 0.2) is 6.23 Å². The van der Waals surface area contributed by atoms with Gasteiger partial charge in [-0.2, -0.15) is 0 Å². The first-order chi connectivity index (χ1) is 11.1. The molecule has 2 aromatic rings. The molecule has 0 amide bonds. The Balaban J connectivity index is 1.71. The molecule has 1 unspecified atom stereocenters. The van der Waals surface area contributed by atoms with Crippen molar-refractivity contribution in [1.29, 1.82) is 0 Å². The molecule has 3 rings (SSSR count). The number of hydrogen-bond acceptors (Lipinski definition) is 5. The molecular weight excluding hydrogens is 297 g/mol. The second kappa shape index (κ2) is 6.26. The lowest BCUT2D eigenvalue weighted by atomic mass is 10.1. The van der Waals surface area contributed by atoms with Crippen LogP contribution >= 0.6 is 0 Å². The Labute approximate surface area is 133 Å². The van der Waals surface area contributed by atoms with Gasteiger partial charge in [0.2, 0.25) is 0 Å². The summed E-state index contributed by atoms with van der Waals surface area (Å²) in [6.45, 7) is 0.442. The van der Waals surface area contributed by atoms with Gasteiger partial charge in [0, 0.05) is 23.9 Å². The van der Waals surface area contributed by atoms with Crippen molar-refractivity contribution in [2.45, 2.75) is 12.6 Å². The third-order valence-electron chi connectivity index (χ3n) is 3.89. The van der Waals surface area contributed by atoms with Crippen LogP contribution in [0.25, 0.3) is 0 Å². The average molecular weight is 315 g/mol. The summed E-state index contributed by atoms with van der Waals surface area (Å²) in [4.78, 5) is 5.96. The molecule has 0 saturated carbocycles. The summed E-state index contributed by atoms with van der Waals surface area (Å²) < 4.78 is 19.0. The Kier molecular flexibility index (Phi) is 4.16. The van der Waals surface area contributed by atoms with Gasteiger partial charge in [0.1, 0.15) is 11.6 Å². The van der Waals surface area contributed by atoms with Crippen molar-refractivity contribution in [3.05, 3.63) is 53.3 Å². The van der Waals surface area contributed by atoms with E-state index in [4.69, 9.17) is 10.5 Å². The first-order valence-corrected chi connectivity index (χ1v) is 7.28. The lowest BCUT2D eigenvalue weighted by Crippen LogP contribution is -2.31. The number of nitrogens with zero attached hydrogens (tertiary/aromatic N) is 2. The van der Waals surface area contributed by atoms with Crippen LogP contribution in [-0.4, -0.2) is 30.0 Å². The van der Waals surface area contributed by atoms with Crippen molar-refractivity contribution < 1.29 is 14.2 Å². The number of fused-ring (bicyclic) bond motifs is 1. The second-order valence-corrected chi connectivity index (χ2v) is 5.38. The molecule has 1 atom stereocenters. The van der Waals surface area contributed by atoms with E-state index in [-0.39, 0.29) is 5.82 Å². The third kappa shape index (κ3) is 3.12. The number of anilines is 1. The fraction of sp³-hybridized carbons (Fsp3) is 0.235. The number of nitrogen functional groups attached to an aromatic ring is 1. The average Bonchev–Trinajstić information content (AvgIpc) is 2.55. The van der Waals surface area contributed by atoms with E-state index in [9.17, 15) is 9.50 Å². The van der Waals surface area contributed by atoms with Gasteiger partial charge >= 0.3 is 0 Å². The molecule has 120 valence electrons. The van der Waals surface area contributed by atoms with Crippen LogP contribution in [0.4, 0.5) is 15.8 Å². The molecule has 2 aromatic carbocycles. The van der Waals surface area contributed by atoms with E-state index in [1.54, 1.807) is 41.6 Å². The Bertz CT molecular complexity index is 749. The molecule has 3 N–H and O–H groups in total. The fourth-order valence-corrected chi connectivity index (χ4v) is 2.56. The van der Waals surface area contributed by atoms with Crippen molar-refractivity contribution in [1.82, 2.24) is 4.90 Å². The fourth-order valence-electron chi connectivity index (χ4n) is 2.56. The van der Waals surface area contributed by atoms with Gasteiger partial charge in [0.25, 0.3) is 0 Å². The van der Waals surface area contributed by atoms with Crippen LogP contribution in [0.5, 0.6) is 5.75 Å². The number of nitrogens with two attached hydrogens (primary N) is 1. The number of hydrogen-bond donors (Lipinski definition) is 2. The van der Waals surface area contributed by atoms with Crippen LogP contribution in [0.3, 0.4) is 0 Å². The summed E-state index contributed by atoms with van der Waals surface area (Å²) >= 11 is 0. The van der Waals surface area contributed by atoms with E-state index in [2.05, 4.69) is 4.99 Å². The predicted molar refractivity (Wildman–Crippen MR) is 87.3 cm³/mol. The van der Waals surface area contributed by atoms with E-state index in [0.717, 1.165) is 0 Å². The summed E-state index contributed by atoms with van der Waals surface area (Å²) in [5.41, 5.74) is 8.23. The SMILES string of the molecule is COc1ccc(CCN2C=Nc3cc(N)ccc3C2O)c(F)c1. The highest BCUT2D eigenvalue weighted by Crippen LogP contribution is 2.32. The molecule has 23 heavy (non-hydrogen) atoms. The van der Waals surface area contributed by atoms with Crippen molar-refractivity contribution in [2.24, 2.45) is 4.99 Å². The van der Waals surface area contributed by atoms with E-state index in [0.29, 0.717) is 41.2 Å². The molecule has 0 aliphatic carbocycles. The maximum Gasteiger partial charge on any atom is 0.156 e. The first-order valence-electron chi connectivity index (χ1n) is 7.28. The molecule has 0 fully saturated rings. The topological polar surface area (TPSA) is 71.1 Å². The van der Waals surface area contributed by atoms with E-state index in [1.807, 2.05) is 0 Å². The van der Waals surface area contributed by atoms with Crippen LogP contribution in [-0.2, 0) is 6.42 Å². The monoisotopic (exact) mass is 315 g/mol. The van der Waals surface area contributed by atoms with E-state index in [1.165, 1.54) is 13.2 Å². The molecule has 0 saturated heterocycles. The maximum atomic E-state index is 14.0. The number of methoxy groups -OCH3 is 1. The lowest BCUT2D eigenvalue weighted by Gasteiger charge is -2.30. The molecule has 6 heteroatoms. The van der Waals surface area contributed by atoms with Crippen LogP contribution in [0.2, 0.25) is 0 Å². The summed E-state index contributed by atoms with van der Waals surface area (Å²) in [5, 5.41) is 10.4. The minimum Gasteiger partial charge on any atom is -0.497 e. The van der Waals surface area contributed by atoms with Gasteiger partial charge in [-0.1, -0.05) is 12.1 Å². The van der Waals surface area contributed by atoms with E-state index >= 15 is 0 Å². The number of ether oxygens (including phenoxy) is 1. The van der Waals surface area contributed by atoms with Gasteiger partial charge in [-0.05, 0) is 30.2 Å². The summed E-state index contributed by atoms with van der Waals surface area (Å²) in [5.74, 6) is 0.165. The third-order valence-corrected chi connectivity index (χ3v) is 3.89. The highest BCUT2D eigenvalue weighted by molar-refractivity contribution is 5.70. The maximum absolute atomic E-state index is 14.0. The standard InChI is InChI=1S/C17H18FN3O2/c1-23-13-4-2-11(15(18)9-13)6-7-21-10-20-16-8-12(19)3-5-14(16)17(21)22/h2-5,8-10,17,22H,6-7,19H2,1H3. The Hall–Kier alpha value is -2.60. The Morgan fingerprint density at radius 2 is 2.13 bits per heavy atom. The molecule has 0 bridgehead atoms.